The summed E-state index contributed by atoms with van der Waals surface area (Å²) < 4.78 is 46.3. The normalized spacial score (nSPS) is 13.1. The van der Waals surface area contributed by atoms with Crippen molar-refractivity contribution in [2.75, 3.05) is 6.61 Å². The SMILES string of the molecule is O=C(O)c1c(C(F)(F)F)ccc(-c2cccc(Cl)c2)c1-c1ccc2c(c1)CCO2. The molecule has 1 heterocycles. The average Bonchev–Trinajstić information content (AvgIpc) is 3.13. The number of rotatable bonds is 3. The van der Waals surface area contributed by atoms with Crippen LogP contribution in [-0.2, 0) is 12.6 Å². The van der Waals surface area contributed by atoms with Crippen LogP contribution in [0.1, 0.15) is 21.5 Å². The molecule has 1 N–H and O–H groups in total. The Kier molecular flexibility index (Phi) is 4.74. The van der Waals surface area contributed by atoms with Crippen molar-refractivity contribution in [2.45, 2.75) is 12.6 Å². The fraction of sp³-hybridized carbons (Fsp3) is 0.136. The van der Waals surface area contributed by atoms with Gasteiger partial charge in [0, 0.05) is 17.0 Å². The van der Waals surface area contributed by atoms with E-state index >= 15 is 0 Å². The topological polar surface area (TPSA) is 46.5 Å². The number of carboxylic acids is 1. The molecule has 1 aliphatic heterocycles. The molecule has 0 amide bonds. The van der Waals surface area contributed by atoms with Gasteiger partial charge in [0.2, 0.25) is 0 Å². The zero-order valence-electron chi connectivity index (χ0n) is 14.9. The summed E-state index contributed by atoms with van der Waals surface area (Å²) in [6, 6.07) is 13.6. The number of ether oxygens (including phenoxy) is 1. The molecule has 0 atom stereocenters. The molecular weight excluding hydrogens is 405 g/mol. The molecule has 0 spiro atoms. The highest BCUT2D eigenvalue weighted by Gasteiger charge is 2.38. The van der Waals surface area contributed by atoms with Crippen molar-refractivity contribution in [1.82, 2.24) is 0 Å². The van der Waals surface area contributed by atoms with E-state index in [1.54, 1.807) is 42.5 Å². The van der Waals surface area contributed by atoms with Gasteiger partial charge in [-0.1, -0.05) is 35.9 Å². The van der Waals surface area contributed by atoms with Crippen LogP contribution >= 0.6 is 11.6 Å². The maximum atomic E-state index is 13.6. The Balaban J connectivity index is 2.07. The molecule has 0 bridgehead atoms. The molecule has 0 saturated heterocycles. The number of aromatic carboxylic acids is 1. The number of carboxylic acid groups (broad SMARTS) is 1. The standard InChI is InChI=1S/C22H14ClF3O3/c23-15-3-1-2-12(11-15)16-5-6-17(22(24,25)26)20(21(27)28)19(16)14-4-7-18-13(10-14)8-9-29-18/h1-7,10-11H,8-9H2,(H,27,28). The van der Waals surface area contributed by atoms with Crippen molar-refractivity contribution < 1.29 is 27.8 Å². The molecule has 148 valence electrons. The van der Waals surface area contributed by atoms with E-state index in [-0.39, 0.29) is 5.56 Å². The van der Waals surface area contributed by atoms with Crippen LogP contribution in [-0.4, -0.2) is 17.7 Å². The summed E-state index contributed by atoms with van der Waals surface area (Å²) in [6.07, 6.45) is -4.20. The maximum Gasteiger partial charge on any atom is 0.417 e. The predicted octanol–water partition coefficient (Wildman–Crippen LogP) is 6.33. The van der Waals surface area contributed by atoms with E-state index in [4.69, 9.17) is 16.3 Å². The molecule has 0 saturated carbocycles. The Labute approximate surface area is 169 Å². The third-order valence-corrected chi connectivity index (χ3v) is 5.07. The molecule has 29 heavy (non-hydrogen) atoms. The molecule has 0 aromatic heterocycles. The minimum absolute atomic E-state index is 0.00397. The second-order valence-corrected chi connectivity index (χ2v) is 7.08. The van der Waals surface area contributed by atoms with Gasteiger partial charge in [-0.3, -0.25) is 0 Å². The van der Waals surface area contributed by atoms with Gasteiger partial charge in [-0.15, -0.1) is 0 Å². The first kappa shape index (κ1) is 19.3. The Morgan fingerprint density at radius 2 is 1.83 bits per heavy atom. The number of hydrogen-bond acceptors (Lipinski definition) is 2. The van der Waals surface area contributed by atoms with Gasteiger partial charge < -0.3 is 9.84 Å². The first-order valence-corrected chi connectivity index (χ1v) is 9.13. The van der Waals surface area contributed by atoms with Gasteiger partial charge in [0.1, 0.15) is 5.75 Å². The highest BCUT2D eigenvalue weighted by atomic mass is 35.5. The molecule has 1 aliphatic rings. The third kappa shape index (κ3) is 3.56. The Bertz CT molecular complexity index is 1120. The lowest BCUT2D eigenvalue weighted by molar-refractivity contribution is -0.138. The Hall–Kier alpha value is -2.99. The average molecular weight is 419 g/mol. The summed E-state index contributed by atoms with van der Waals surface area (Å²) in [5.41, 5.74) is 0.124. The van der Waals surface area contributed by atoms with E-state index in [9.17, 15) is 23.1 Å². The predicted molar refractivity (Wildman–Crippen MR) is 103 cm³/mol. The minimum Gasteiger partial charge on any atom is -0.493 e. The molecule has 0 unspecified atom stereocenters. The van der Waals surface area contributed by atoms with Gasteiger partial charge in [0.25, 0.3) is 0 Å². The number of benzene rings is 3. The summed E-state index contributed by atoms with van der Waals surface area (Å²) in [4.78, 5) is 12.0. The zero-order chi connectivity index (χ0) is 20.8. The Morgan fingerprint density at radius 1 is 1.03 bits per heavy atom. The molecule has 4 rings (SSSR count). The summed E-state index contributed by atoms with van der Waals surface area (Å²) in [5.74, 6) is -0.991. The summed E-state index contributed by atoms with van der Waals surface area (Å²) in [5, 5.41) is 10.1. The fourth-order valence-electron chi connectivity index (χ4n) is 3.60. The second kappa shape index (κ2) is 7.12. The van der Waals surface area contributed by atoms with Crippen LogP contribution in [0.3, 0.4) is 0 Å². The highest BCUT2D eigenvalue weighted by molar-refractivity contribution is 6.30. The van der Waals surface area contributed by atoms with Gasteiger partial charge in [0.05, 0.1) is 17.7 Å². The first-order valence-electron chi connectivity index (χ1n) is 8.75. The van der Waals surface area contributed by atoms with E-state index in [1.165, 1.54) is 6.07 Å². The zero-order valence-corrected chi connectivity index (χ0v) is 15.6. The molecule has 7 heteroatoms. The largest absolute Gasteiger partial charge is 0.493 e. The van der Waals surface area contributed by atoms with Crippen LogP contribution in [0.5, 0.6) is 5.75 Å². The van der Waals surface area contributed by atoms with Crippen LogP contribution in [0.15, 0.2) is 54.6 Å². The Morgan fingerprint density at radius 3 is 2.52 bits per heavy atom. The molecule has 0 radical (unpaired) electrons. The maximum absolute atomic E-state index is 13.6. The summed E-state index contributed by atoms with van der Waals surface area (Å²) in [7, 11) is 0. The minimum atomic E-state index is -4.81. The quantitative estimate of drug-likeness (QED) is 0.541. The lowest BCUT2D eigenvalue weighted by Crippen LogP contribution is -2.15. The van der Waals surface area contributed by atoms with Crippen LogP contribution in [0, 0.1) is 0 Å². The van der Waals surface area contributed by atoms with Gasteiger partial charge in [0.15, 0.2) is 0 Å². The highest BCUT2D eigenvalue weighted by Crippen LogP contribution is 2.43. The number of hydrogen-bond donors (Lipinski definition) is 1. The lowest BCUT2D eigenvalue weighted by atomic mass is 9.86. The molecule has 0 fully saturated rings. The van der Waals surface area contributed by atoms with Crippen LogP contribution in [0.2, 0.25) is 5.02 Å². The van der Waals surface area contributed by atoms with Crippen molar-refractivity contribution in [2.24, 2.45) is 0 Å². The summed E-state index contributed by atoms with van der Waals surface area (Å²) in [6.45, 7) is 0.480. The van der Waals surface area contributed by atoms with Gasteiger partial charge in [-0.2, -0.15) is 13.2 Å². The summed E-state index contributed by atoms with van der Waals surface area (Å²) >= 11 is 6.06. The number of halogens is 4. The first-order chi connectivity index (χ1) is 13.8. The van der Waals surface area contributed by atoms with Crippen molar-refractivity contribution in [1.29, 1.82) is 0 Å². The molecule has 3 nitrogen and oxygen atoms in total. The smallest absolute Gasteiger partial charge is 0.417 e. The number of carbonyl (C=O) groups is 1. The van der Waals surface area contributed by atoms with E-state index in [2.05, 4.69) is 0 Å². The lowest BCUT2D eigenvalue weighted by Gasteiger charge is -2.19. The van der Waals surface area contributed by atoms with E-state index in [1.807, 2.05) is 0 Å². The van der Waals surface area contributed by atoms with Gasteiger partial charge in [-0.05, 0) is 52.6 Å². The molecule has 3 aromatic rings. The van der Waals surface area contributed by atoms with Crippen molar-refractivity contribution in [3.63, 3.8) is 0 Å². The molecule has 3 aromatic carbocycles. The van der Waals surface area contributed by atoms with Crippen LogP contribution in [0.25, 0.3) is 22.3 Å². The van der Waals surface area contributed by atoms with Crippen molar-refractivity contribution in [3.8, 4) is 28.0 Å². The van der Waals surface area contributed by atoms with Gasteiger partial charge >= 0.3 is 12.1 Å². The van der Waals surface area contributed by atoms with Crippen molar-refractivity contribution in [3.05, 3.63) is 76.3 Å². The number of alkyl halides is 3. The third-order valence-electron chi connectivity index (χ3n) is 4.84. The fourth-order valence-corrected chi connectivity index (χ4v) is 3.79. The number of fused-ring (bicyclic) bond motifs is 1. The van der Waals surface area contributed by atoms with Crippen molar-refractivity contribution >= 4 is 17.6 Å². The monoisotopic (exact) mass is 418 g/mol. The van der Waals surface area contributed by atoms with E-state index in [0.717, 1.165) is 11.6 Å². The van der Waals surface area contributed by atoms with Crippen LogP contribution < -0.4 is 4.74 Å². The molecule has 0 aliphatic carbocycles. The second-order valence-electron chi connectivity index (χ2n) is 6.64. The van der Waals surface area contributed by atoms with Gasteiger partial charge in [-0.25, -0.2) is 4.79 Å². The molecular formula is C22H14ClF3O3. The van der Waals surface area contributed by atoms with Crippen LogP contribution in [0.4, 0.5) is 13.2 Å². The van der Waals surface area contributed by atoms with E-state index in [0.29, 0.717) is 40.5 Å². The van der Waals surface area contributed by atoms with E-state index < -0.39 is 23.3 Å².